The van der Waals surface area contributed by atoms with Crippen molar-refractivity contribution in [3.63, 3.8) is 0 Å². The minimum Gasteiger partial charge on any atom is -0.493 e. The van der Waals surface area contributed by atoms with Gasteiger partial charge in [-0.1, -0.05) is 67.7 Å². The van der Waals surface area contributed by atoms with Crippen molar-refractivity contribution in [2.45, 2.75) is 85.2 Å². The molecule has 29 heavy (non-hydrogen) atoms. The predicted molar refractivity (Wildman–Crippen MR) is 136 cm³/mol. The molecular formula is C24H46O3S2. The molecule has 0 aromatic heterocycles. The number of hydrogen-bond acceptors (Lipinski definition) is 5. The Labute approximate surface area is 191 Å². The Balaban J connectivity index is 0. The van der Waals surface area contributed by atoms with Crippen molar-refractivity contribution in [3.05, 3.63) is 17.7 Å². The van der Waals surface area contributed by atoms with E-state index < -0.39 is 0 Å². The zero-order valence-electron chi connectivity index (χ0n) is 20.6. The van der Waals surface area contributed by atoms with Crippen LogP contribution in [0.2, 0.25) is 0 Å². The molecule has 0 saturated heterocycles. The van der Waals surface area contributed by atoms with Crippen LogP contribution >= 0.6 is 24.4 Å². The van der Waals surface area contributed by atoms with Crippen LogP contribution in [0.5, 0.6) is 17.2 Å². The monoisotopic (exact) mass is 446 g/mol. The summed E-state index contributed by atoms with van der Waals surface area (Å²) in [6, 6.07) is 3.96. The average molecular weight is 447 g/mol. The molecule has 0 radical (unpaired) electrons. The van der Waals surface area contributed by atoms with E-state index in [2.05, 4.69) is 20.8 Å². The zero-order valence-corrected chi connectivity index (χ0v) is 22.3. The number of unbranched alkanes of at least 4 members (excludes halogenated alkanes) is 3. The van der Waals surface area contributed by atoms with Crippen LogP contribution in [-0.2, 0) is 0 Å². The average Bonchev–Trinajstić information content (AvgIpc) is 2.73. The van der Waals surface area contributed by atoms with E-state index in [1.54, 1.807) is 21.3 Å². The highest BCUT2D eigenvalue weighted by Gasteiger charge is 2.17. The number of thioether (sulfide) groups is 1. The lowest BCUT2D eigenvalue weighted by Gasteiger charge is -2.18. The summed E-state index contributed by atoms with van der Waals surface area (Å²) in [6.45, 7) is 14.9. The summed E-state index contributed by atoms with van der Waals surface area (Å²) in [6.07, 6.45) is 6.47. The predicted octanol–water partition coefficient (Wildman–Crippen LogP) is 8.42. The van der Waals surface area contributed by atoms with Gasteiger partial charge in [0.25, 0.3) is 0 Å². The van der Waals surface area contributed by atoms with Crippen molar-refractivity contribution < 1.29 is 14.2 Å². The van der Waals surface area contributed by atoms with Gasteiger partial charge in [-0.2, -0.15) is 12.6 Å². The number of thiol groups is 1. The third-order valence-electron chi connectivity index (χ3n) is 4.07. The van der Waals surface area contributed by atoms with Crippen LogP contribution < -0.4 is 14.2 Å². The maximum atomic E-state index is 5.42. The van der Waals surface area contributed by atoms with E-state index in [4.69, 9.17) is 26.8 Å². The highest BCUT2D eigenvalue weighted by atomic mass is 32.2. The molecule has 0 amide bonds. The number of rotatable bonds is 11. The van der Waals surface area contributed by atoms with Crippen molar-refractivity contribution in [2.75, 3.05) is 27.1 Å². The summed E-state index contributed by atoms with van der Waals surface area (Å²) in [4.78, 5) is 0. The molecule has 1 unspecified atom stereocenters. The normalized spacial score (nSPS) is 11.4. The Bertz CT molecular complexity index is 488. The minimum atomic E-state index is 0.100. The summed E-state index contributed by atoms with van der Waals surface area (Å²) >= 11 is 6.60. The van der Waals surface area contributed by atoms with Crippen LogP contribution in [0.1, 0.15) is 90.7 Å². The van der Waals surface area contributed by atoms with Crippen molar-refractivity contribution in [1.82, 2.24) is 0 Å². The fraction of sp³-hybridized carbons (Fsp3) is 0.750. The Morgan fingerprint density at radius 2 is 1.31 bits per heavy atom. The standard InChI is InChI=1S/C20H34O3S2.2C2H6/c1-20(2,3)11-9-7-8-10-12-25-19(24)15-13-16(21-4)18(23-6)17(14-15)22-5;2*1-2/h13-14,19,24H,7-12H2,1-6H3;2*1-2H3. The van der Waals surface area contributed by atoms with Crippen LogP contribution in [0.25, 0.3) is 0 Å². The molecule has 1 aromatic rings. The number of benzene rings is 1. The van der Waals surface area contributed by atoms with Gasteiger partial charge in [0.2, 0.25) is 5.75 Å². The van der Waals surface area contributed by atoms with Crippen molar-refractivity contribution in [1.29, 1.82) is 0 Å². The van der Waals surface area contributed by atoms with Gasteiger partial charge in [-0.15, -0.1) is 11.8 Å². The van der Waals surface area contributed by atoms with Crippen LogP contribution in [0, 0.1) is 5.41 Å². The van der Waals surface area contributed by atoms with Gasteiger partial charge in [0.05, 0.1) is 25.9 Å². The SMILES string of the molecule is CC.CC.COc1cc(C(S)SCCCCCCC(C)(C)C)cc(OC)c1OC. The van der Waals surface area contributed by atoms with Gasteiger partial charge >= 0.3 is 0 Å². The molecular weight excluding hydrogens is 400 g/mol. The van der Waals surface area contributed by atoms with Gasteiger partial charge in [-0.25, -0.2) is 0 Å². The molecule has 0 fully saturated rings. The maximum Gasteiger partial charge on any atom is 0.203 e. The van der Waals surface area contributed by atoms with E-state index in [9.17, 15) is 0 Å². The Hall–Kier alpha value is -0.680. The van der Waals surface area contributed by atoms with Crippen LogP contribution in [0.15, 0.2) is 12.1 Å². The molecule has 0 N–H and O–H groups in total. The van der Waals surface area contributed by atoms with E-state index >= 15 is 0 Å². The second-order valence-electron chi connectivity index (χ2n) is 7.41. The Morgan fingerprint density at radius 1 is 0.828 bits per heavy atom. The van der Waals surface area contributed by atoms with Gasteiger partial charge in [-0.3, -0.25) is 0 Å². The summed E-state index contributed by atoms with van der Waals surface area (Å²) in [5, 5.41) is 0. The van der Waals surface area contributed by atoms with Gasteiger partial charge in [-0.05, 0) is 41.7 Å². The first-order valence-corrected chi connectivity index (χ1v) is 12.5. The zero-order chi connectivity index (χ0) is 22.9. The smallest absolute Gasteiger partial charge is 0.203 e. The maximum absolute atomic E-state index is 5.42. The molecule has 0 aliphatic carbocycles. The fourth-order valence-electron chi connectivity index (χ4n) is 2.65. The molecule has 0 aliphatic rings. The topological polar surface area (TPSA) is 27.7 Å². The molecule has 0 aliphatic heterocycles. The van der Waals surface area contributed by atoms with E-state index in [1.165, 1.54) is 32.1 Å². The number of methoxy groups -OCH3 is 3. The molecule has 172 valence electrons. The highest BCUT2D eigenvalue weighted by Crippen LogP contribution is 2.43. The van der Waals surface area contributed by atoms with Gasteiger partial charge in [0, 0.05) is 0 Å². The molecule has 1 rings (SSSR count). The van der Waals surface area contributed by atoms with Crippen LogP contribution in [0.3, 0.4) is 0 Å². The molecule has 3 nitrogen and oxygen atoms in total. The Morgan fingerprint density at radius 3 is 1.72 bits per heavy atom. The van der Waals surface area contributed by atoms with Crippen molar-refractivity contribution in [3.8, 4) is 17.2 Å². The van der Waals surface area contributed by atoms with E-state index in [0.29, 0.717) is 22.7 Å². The van der Waals surface area contributed by atoms with Crippen LogP contribution in [-0.4, -0.2) is 27.1 Å². The summed E-state index contributed by atoms with van der Waals surface area (Å²) in [5.41, 5.74) is 1.54. The van der Waals surface area contributed by atoms with Crippen molar-refractivity contribution >= 4 is 24.4 Å². The first kappa shape index (κ1) is 30.5. The lowest BCUT2D eigenvalue weighted by Crippen LogP contribution is -2.03. The fourth-order valence-corrected chi connectivity index (χ4v) is 4.03. The second-order valence-corrected chi connectivity index (χ2v) is 9.49. The highest BCUT2D eigenvalue weighted by molar-refractivity contribution is 8.09. The first-order chi connectivity index (χ1) is 13.8. The number of hydrogen-bond donors (Lipinski definition) is 1. The first-order valence-electron chi connectivity index (χ1n) is 10.9. The van der Waals surface area contributed by atoms with E-state index in [-0.39, 0.29) is 4.58 Å². The number of ether oxygens (including phenoxy) is 3. The third-order valence-corrected chi connectivity index (χ3v) is 5.93. The molecule has 0 saturated carbocycles. The molecule has 1 atom stereocenters. The molecule has 5 heteroatoms. The van der Waals surface area contributed by atoms with Gasteiger partial charge in [0.1, 0.15) is 0 Å². The molecule has 0 heterocycles. The lowest BCUT2D eigenvalue weighted by molar-refractivity contribution is 0.324. The van der Waals surface area contributed by atoms with E-state index in [0.717, 1.165) is 11.3 Å². The molecule has 1 aromatic carbocycles. The quantitative estimate of drug-likeness (QED) is 0.210. The van der Waals surface area contributed by atoms with Gasteiger partial charge in [0.15, 0.2) is 11.5 Å². The summed E-state index contributed by atoms with van der Waals surface area (Å²) in [5.74, 6) is 3.09. The lowest BCUT2D eigenvalue weighted by atomic mass is 9.89. The van der Waals surface area contributed by atoms with Crippen molar-refractivity contribution in [2.24, 2.45) is 5.41 Å². The Kier molecular flexibility index (Phi) is 19.1. The second kappa shape index (κ2) is 18.1. The molecule has 0 spiro atoms. The summed E-state index contributed by atoms with van der Waals surface area (Å²) in [7, 11) is 4.89. The van der Waals surface area contributed by atoms with Gasteiger partial charge < -0.3 is 14.2 Å². The molecule has 0 bridgehead atoms. The summed E-state index contributed by atoms with van der Waals surface area (Å²) < 4.78 is 16.3. The van der Waals surface area contributed by atoms with Crippen LogP contribution in [0.4, 0.5) is 0 Å². The van der Waals surface area contributed by atoms with E-state index in [1.807, 2.05) is 51.6 Å². The minimum absolute atomic E-state index is 0.100. The third kappa shape index (κ3) is 13.3. The largest absolute Gasteiger partial charge is 0.493 e.